The Kier molecular flexibility index (Phi) is 6.11. The van der Waals surface area contributed by atoms with Crippen LogP contribution in [0, 0.1) is 0 Å². The maximum Gasteiger partial charge on any atom is 0.334 e. The van der Waals surface area contributed by atoms with Gasteiger partial charge in [-0.1, -0.05) is 0 Å². The normalized spacial score (nSPS) is 12.4. The lowest BCUT2D eigenvalue weighted by atomic mass is 10.1. The summed E-state index contributed by atoms with van der Waals surface area (Å²) in [6.45, 7) is 4.74. The van der Waals surface area contributed by atoms with Gasteiger partial charge < -0.3 is 26.2 Å². The number of carbonyl (C=O) groups excluding carboxylic acids is 2. The smallest absolute Gasteiger partial charge is 0.334 e. The fourth-order valence-corrected chi connectivity index (χ4v) is 0.962. The lowest BCUT2D eigenvalue weighted by Gasteiger charge is -2.20. The zero-order valence-corrected chi connectivity index (χ0v) is 10.6. The van der Waals surface area contributed by atoms with Crippen LogP contribution in [0.4, 0.5) is 4.79 Å². The molecule has 0 aromatic carbocycles. The highest BCUT2D eigenvalue weighted by molar-refractivity contribution is 5.84. The van der Waals surface area contributed by atoms with Crippen LogP contribution in [0.2, 0.25) is 0 Å². The molecule has 0 spiro atoms. The molecule has 0 aliphatic rings. The second-order valence-corrected chi connectivity index (χ2v) is 4.72. The van der Waals surface area contributed by atoms with E-state index < -0.39 is 30.2 Å². The molecule has 0 bridgehead atoms. The molecule has 0 saturated carbocycles. The number of aliphatic hydroxyl groups is 1. The quantitative estimate of drug-likeness (QED) is 0.418. The van der Waals surface area contributed by atoms with Crippen molar-refractivity contribution >= 4 is 17.9 Å². The topological polar surface area (TPSA) is 128 Å². The molecule has 0 heterocycles. The Morgan fingerprint density at radius 3 is 2.17 bits per heavy atom. The average Bonchev–Trinajstić information content (AvgIpc) is 2.20. The molecule has 5 N–H and O–H groups in total. The molecule has 0 fully saturated rings. The van der Waals surface area contributed by atoms with Gasteiger partial charge in [0.15, 0.2) is 6.10 Å². The zero-order chi connectivity index (χ0) is 14.3. The van der Waals surface area contributed by atoms with Crippen molar-refractivity contribution in [1.29, 1.82) is 0 Å². The van der Waals surface area contributed by atoms with E-state index in [1.165, 1.54) is 0 Å². The standard InChI is InChI=1S/C10H19N3O5/c1-10(2,3)13-7(15)5-12-9(18)11-4-6(14)8(16)17/h6,14H,4-5H2,1-3H3,(H,13,15)(H,16,17)(H2,11,12,18)/t6-/m0/s1. The highest BCUT2D eigenvalue weighted by Gasteiger charge is 2.16. The molecule has 0 radical (unpaired) electrons. The third-order valence-electron chi connectivity index (χ3n) is 1.66. The van der Waals surface area contributed by atoms with E-state index in [0.717, 1.165) is 0 Å². The number of amides is 3. The number of nitrogens with one attached hydrogen (secondary N) is 3. The van der Waals surface area contributed by atoms with Gasteiger partial charge in [0.05, 0.1) is 13.1 Å². The van der Waals surface area contributed by atoms with Gasteiger partial charge in [0.25, 0.3) is 0 Å². The van der Waals surface area contributed by atoms with Crippen molar-refractivity contribution in [2.45, 2.75) is 32.4 Å². The van der Waals surface area contributed by atoms with E-state index in [4.69, 9.17) is 10.2 Å². The van der Waals surface area contributed by atoms with Crippen molar-refractivity contribution in [1.82, 2.24) is 16.0 Å². The van der Waals surface area contributed by atoms with E-state index in [1.54, 1.807) is 20.8 Å². The number of aliphatic carboxylic acids is 1. The number of aliphatic hydroxyl groups excluding tert-OH is 1. The van der Waals surface area contributed by atoms with Crippen molar-refractivity contribution in [2.24, 2.45) is 0 Å². The molecular weight excluding hydrogens is 242 g/mol. The van der Waals surface area contributed by atoms with Crippen molar-refractivity contribution in [2.75, 3.05) is 13.1 Å². The summed E-state index contributed by atoms with van der Waals surface area (Å²) in [6, 6.07) is -0.723. The van der Waals surface area contributed by atoms with Crippen LogP contribution in [0.25, 0.3) is 0 Å². The third-order valence-corrected chi connectivity index (χ3v) is 1.66. The number of urea groups is 1. The van der Waals surface area contributed by atoms with Gasteiger partial charge in [-0.3, -0.25) is 4.79 Å². The molecule has 8 nitrogen and oxygen atoms in total. The Bertz CT molecular complexity index is 324. The zero-order valence-electron chi connectivity index (χ0n) is 10.6. The van der Waals surface area contributed by atoms with Crippen molar-refractivity contribution in [3.05, 3.63) is 0 Å². The van der Waals surface area contributed by atoms with E-state index in [-0.39, 0.29) is 12.5 Å². The minimum atomic E-state index is -1.67. The molecular formula is C10H19N3O5. The molecule has 0 unspecified atom stereocenters. The molecule has 104 valence electrons. The lowest BCUT2D eigenvalue weighted by Crippen LogP contribution is -2.48. The van der Waals surface area contributed by atoms with Gasteiger partial charge in [0.1, 0.15) is 0 Å². The van der Waals surface area contributed by atoms with Crippen molar-refractivity contribution in [3.63, 3.8) is 0 Å². The van der Waals surface area contributed by atoms with E-state index in [1.807, 2.05) is 0 Å². The van der Waals surface area contributed by atoms with Gasteiger partial charge in [-0.25, -0.2) is 9.59 Å². The molecule has 3 amide bonds. The average molecular weight is 261 g/mol. The predicted octanol–water partition coefficient (Wildman–Crippen LogP) is -1.35. The fourth-order valence-electron chi connectivity index (χ4n) is 0.962. The largest absolute Gasteiger partial charge is 0.479 e. The number of hydrogen-bond acceptors (Lipinski definition) is 4. The second kappa shape index (κ2) is 6.80. The summed E-state index contributed by atoms with van der Waals surface area (Å²) in [4.78, 5) is 32.7. The number of carboxylic acids is 1. The Morgan fingerprint density at radius 2 is 1.72 bits per heavy atom. The van der Waals surface area contributed by atoms with Crippen LogP contribution in [-0.4, -0.2) is 52.9 Å². The third kappa shape index (κ3) is 8.34. The molecule has 0 saturated heterocycles. The highest BCUT2D eigenvalue weighted by atomic mass is 16.4. The fraction of sp³-hybridized carbons (Fsp3) is 0.700. The van der Waals surface area contributed by atoms with Crippen molar-refractivity contribution < 1.29 is 24.6 Å². The molecule has 0 aromatic heterocycles. The van der Waals surface area contributed by atoms with Crippen LogP contribution < -0.4 is 16.0 Å². The first-order valence-electron chi connectivity index (χ1n) is 5.35. The molecule has 18 heavy (non-hydrogen) atoms. The molecule has 8 heteroatoms. The number of hydrogen-bond donors (Lipinski definition) is 5. The van der Waals surface area contributed by atoms with E-state index in [2.05, 4.69) is 16.0 Å². The molecule has 0 rings (SSSR count). The van der Waals surface area contributed by atoms with Crippen LogP contribution in [0.3, 0.4) is 0 Å². The summed E-state index contributed by atoms with van der Waals surface area (Å²) in [7, 11) is 0. The number of carbonyl (C=O) groups is 3. The lowest BCUT2D eigenvalue weighted by molar-refractivity contribution is -0.146. The Labute approximate surface area is 105 Å². The SMILES string of the molecule is CC(C)(C)NC(=O)CNC(=O)NC[C@H](O)C(=O)O. The summed E-state index contributed by atoms with van der Waals surface area (Å²) < 4.78 is 0. The first kappa shape index (κ1) is 16.2. The van der Waals surface area contributed by atoms with E-state index >= 15 is 0 Å². The Hall–Kier alpha value is -1.83. The minimum Gasteiger partial charge on any atom is -0.479 e. The summed E-state index contributed by atoms with van der Waals surface area (Å²) in [5.74, 6) is -1.79. The van der Waals surface area contributed by atoms with Crippen LogP contribution in [0.1, 0.15) is 20.8 Å². The monoisotopic (exact) mass is 261 g/mol. The molecule has 1 atom stereocenters. The van der Waals surface area contributed by atoms with Gasteiger partial charge in [0.2, 0.25) is 5.91 Å². The van der Waals surface area contributed by atoms with E-state index in [0.29, 0.717) is 0 Å². The summed E-state index contributed by atoms with van der Waals surface area (Å²) in [6.07, 6.45) is -1.67. The molecule has 0 aromatic rings. The van der Waals surface area contributed by atoms with Crippen molar-refractivity contribution in [3.8, 4) is 0 Å². The molecule has 0 aliphatic heterocycles. The van der Waals surface area contributed by atoms with Gasteiger partial charge in [-0.2, -0.15) is 0 Å². The van der Waals surface area contributed by atoms with Crippen LogP contribution in [0.5, 0.6) is 0 Å². The Balaban J connectivity index is 3.84. The van der Waals surface area contributed by atoms with Crippen LogP contribution in [-0.2, 0) is 9.59 Å². The summed E-state index contributed by atoms with van der Waals surface area (Å²) >= 11 is 0. The van der Waals surface area contributed by atoms with Gasteiger partial charge in [-0.15, -0.1) is 0 Å². The van der Waals surface area contributed by atoms with E-state index in [9.17, 15) is 14.4 Å². The maximum atomic E-state index is 11.3. The number of carboxylic acid groups (broad SMARTS) is 1. The first-order chi connectivity index (χ1) is 8.11. The van der Waals surface area contributed by atoms with Gasteiger partial charge in [-0.05, 0) is 20.8 Å². The minimum absolute atomic E-state index is 0.230. The predicted molar refractivity (Wildman–Crippen MR) is 62.9 cm³/mol. The van der Waals surface area contributed by atoms with Gasteiger partial charge >= 0.3 is 12.0 Å². The van der Waals surface area contributed by atoms with Crippen LogP contribution >= 0.6 is 0 Å². The van der Waals surface area contributed by atoms with Crippen LogP contribution in [0.15, 0.2) is 0 Å². The molecule has 0 aliphatic carbocycles. The second-order valence-electron chi connectivity index (χ2n) is 4.72. The summed E-state index contributed by atoms with van der Waals surface area (Å²) in [5.41, 5.74) is -0.394. The highest BCUT2D eigenvalue weighted by Crippen LogP contribution is 1.96. The number of rotatable bonds is 5. The summed E-state index contributed by atoms with van der Waals surface area (Å²) in [5, 5.41) is 24.2. The maximum absolute atomic E-state index is 11.3. The Morgan fingerprint density at radius 1 is 1.17 bits per heavy atom. The first-order valence-corrected chi connectivity index (χ1v) is 5.35. The van der Waals surface area contributed by atoms with Gasteiger partial charge in [0, 0.05) is 5.54 Å².